The van der Waals surface area contributed by atoms with Gasteiger partial charge in [-0.25, -0.2) is 0 Å². The van der Waals surface area contributed by atoms with Crippen LogP contribution in [0.2, 0.25) is 0 Å². The Morgan fingerprint density at radius 1 is 1.29 bits per heavy atom. The number of hydrogen-bond acceptors (Lipinski definition) is 3. The Morgan fingerprint density at radius 2 is 1.76 bits per heavy atom. The zero-order valence-corrected chi connectivity index (χ0v) is 11.4. The number of carbonyl (C=O) groups is 3. The minimum Gasteiger partial charge on any atom is -0.370 e. The summed E-state index contributed by atoms with van der Waals surface area (Å²) in [4.78, 5) is 34.0. The van der Waals surface area contributed by atoms with Crippen molar-refractivity contribution in [1.82, 2.24) is 4.90 Å². The summed E-state index contributed by atoms with van der Waals surface area (Å²) >= 11 is 0. The Labute approximate surface area is 103 Å². The molecule has 0 aromatic carbocycles. The number of nitrogens with two attached hydrogens (primary N) is 1. The van der Waals surface area contributed by atoms with Crippen molar-refractivity contribution in [3.63, 3.8) is 0 Å². The SMILES string of the molecule is CC.CC.CC1CC(=O)N(CCC(N)=O)C1=O. The zero-order chi connectivity index (χ0) is 14.0. The van der Waals surface area contributed by atoms with E-state index in [0.29, 0.717) is 0 Å². The van der Waals surface area contributed by atoms with Gasteiger partial charge in [-0.2, -0.15) is 0 Å². The first kappa shape index (κ1) is 18.0. The summed E-state index contributed by atoms with van der Waals surface area (Å²) in [5, 5.41) is 0. The average molecular weight is 244 g/mol. The third-order valence-corrected chi connectivity index (χ3v) is 2.05. The van der Waals surface area contributed by atoms with Crippen LogP contribution in [0.25, 0.3) is 0 Å². The molecule has 0 spiro atoms. The smallest absolute Gasteiger partial charge is 0.232 e. The van der Waals surface area contributed by atoms with E-state index < -0.39 is 5.91 Å². The first-order valence-electron chi connectivity index (χ1n) is 6.15. The average Bonchev–Trinajstić information content (AvgIpc) is 2.56. The molecule has 0 saturated carbocycles. The van der Waals surface area contributed by atoms with Crippen LogP contribution in [-0.4, -0.2) is 29.2 Å². The van der Waals surface area contributed by atoms with Gasteiger partial charge < -0.3 is 5.73 Å². The van der Waals surface area contributed by atoms with E-state index in [1.54, 1.807) is 6.92 Å². The summed E-state index contributed by atoms with van der Waals surface area (Å²) < 4.78 is 0. The number of amides is 3. The van der Waals surface area contributed by atoms with Gasteiger partial charge in [0.2, 0.25) is 17.7 Å². The number of primary amides is 1. The maximum Gasteiger partial charge on any atom is 0.232 e. The van der Waals surface area contributed by atoms with Gasteiger partial charge in [-0.05, 0) is 0 Å². The first-order chi connectivity index (χ1) is 8.02. The molecule has 100 valence electrons. The summed E-state index contributed by atoms with van der Waals surface area (Å²) in [6.07, 6.45) is 0.293. The second kappa shape index (κ2) is 9.81. The molecular weight excluding hydrogens is 220 g/mol. The van der Waals surface area contributed by atoms with Crippen molar-refractivity contribution in [3.05, 3.63) is 0 Å². The molecule has 5 nitrogen and oxygen atoms in total. The molecule has 0 aromatic rings. The van der Waals surface area contributed by atoms with E-state index in [4.69, 9.17) is 5.73 Å². The van der Waals surface area contributed by atoms with Crippen molar-refractivity contribution in [2.24, 2.45) is 11.7 Å². The van der Waals surface area contributed by atoms with E-state index in [1.165, 1.54) is 0 Å². The van der Waals surface area contributed by atoms with E-state index in [9.17, 15) is 14.4 Å². The first-order valence-corrected chi connectivity index (χ1v) is 6.15. The van der Waals surface area contributed by atoms with Crippen LogP contribution < -0.4 is 5.73 Å². The molecule has 3 amide bonds. The molecule has 1 saturated heterocycles. The third kappa shape index (κ3) is 6.04. The maximum atomic E-state index is 11.3. The maximum absolute atomic E-state index is 11.3. The monoisotopic (exact) mass is 244 g/mol. The van der Waals surface area contributed by atoms with Crippen LogP contribution >= 0.6 is 0 Å². The Hall–Kier alpha value is -1.39. The van der Waals surface area contributed by atoms with Gasteiger partial charge in [-0.3, -0.25) is 19.3 Å². The fourth-order valence-corrected chi connectivity index (χ4v) is 1.31. The highest BCUT2D eigenvalue weighted by atomic mass is 16.2. The lowest BCUT2D eigenvalue weighted by Gasteiger charge is -2.12. The minimum absolute atomic E-state index is 0.0458. The summed E-state index contributed by atoms with van der Waals surface area (Å²) in [5.41, 5.74) is 4.91. The topological polar surface area (TPSA) is 80.5 Å². The molecule has 1 fully saturated rings. The Balaban J connectivity index is 0. The van der Waals surface area contributed by atoms with Crippen molar-refractivity contribution >= 4 is 17.7 Å². The minimum atomic E-state index is -0.500. The second-order valence-electron chi connectivity index (χ2n) is 3.21. The standard InChI is InChI=1S/C8H12N2O3.2C2H6/c1-5-4-7(12)10(8(5)13)3-2-6(9)11;2*1-2/h5H,2-4H2,1H3,(H2,9,11);2*1-2H3. The zero-order valence-electron chi connectivity index (χ0n) is 11.4. The Kier molecular flexibility index (Phi) is 10.4. The van der Waals surface area contributed by atoms with Crippen molar-refractivity contribution in [2.45, 2.75) is 47.5 Å². The fraction of sp³-hybridized carbons (Fsp3) is 0.750. The van der Waals surface area contributed by atoms with Crippen LogP contribution in [0.15, 0.2) is 0 Å². The number of rotatable bonds is 3. The molecule has 0 radical (unpaired) electrons. The summed E-state index contributed by atoms with van der Waals surface area (Å²) in [6.45, 7) is 9.82. The molecule has 0 aromatic heterocycles. The van der Waals surface area contributed by atoms with Crippen LogP contribution in [0.3, 0.4) is 0 Å². The van der Waals surface area contributed by atoms with Crippen LogP contribution in [0.4, 0.5) is 0 Å². The molecule has 1 aliphatic heterocycles. The summed E-state index contributed by atoms with van der Waals surface area (Å²) in [6, 6.07) is 0. The predicted octanol–water partition coefficient (Wildman–Crippen LogP) is 1.31. The van der Waals surface area contributed by atoms with Crippen molar-refractivity contribution in [2.75, 3.05) is 6.54 Å². The number of imide groups is 1. The van der Waals surface area contributed by atoms with Crippen molar-refractivity contribution in [1.29, 1.82) is 0 Å². The van der Waals surface area contributed by atoms with E-state index in [0.717, 1.165) is 4.90 Å². The Morgan fingerprint density at radius 3 is 2.06 bits per heavy atom. The molecule has 1 heterocycles. The number of carbonyl (C=O) groups excluding carboxylic acids is 3. The van der Waals surface area contributed by atoms with Gasteiger partial charge in [0.1, 0.15) is 0 Å². The molecule has 0 bridgehead atoms. The molecule has 1 rings (SSSR count). The fourth-order valence-electron chi connectivity index (χ4n) is 1.31. The van der Waals surface area contributed by atoms with Crippen molar-refractivity contribution in [3.8, 4) is 0 Å². The van der Waals surface area contributed by atoms with E-state index in [-0.39, 0.29) is 37.1 Å². The summed E-state index contributed by atoms with van der Waals surface area (Å²) in [7, 11) is 0. The van der Waals surface area contributed by atoms with Gasteiger partial charge in [0.25, 0.3) is 0 Å². The lowest BCUT2D eigenvalue weighted by Crippen LogP contribution is -2.33. The number of likely N-dealkylation sites (tertiary alicyclic amines) is 1. The molecule has 2 N–H and O–H groups in total. The van der Waals surface area contributed by atoms with Crippen LogP contribution in [0, 0.1) is 5.92 Å². The van der Waals surface area contributed by atoms with Gasteiger partial charge in [-0.1, -0.05) is 34.6 Å². The highest BCUT2D eigenvalue weighted by Gasteiger charge is 2.35. The van der Waals surface area contributed by atoms with Crippen LogP contribution in [0.1, 0.15) is 47.5 Å². The largest absolute Gasteiger partial charge is 0.370 e. The molecule has 1 unspecified atom stereocenters. The van der Waals surface area contributed by atoms with Gasteiger partial charge in [0.05, 0.1) is 0 Å². The second-order valence-corrected chi connectivity index (χ2v) is 3.21. The normalized spacial score (nSPS) is 17.9. The van der Waals surface area contributed by atoms with E-state index in [2.05, 4.69) is 0 Å². The molecule has 0 aliphatic carbocycles. The lowest BCUT2D eigenvalue weighted by molar-refractivity contribution is -0.139. The van der Waals surface area contributed by atoms with Crippen LogP contribution in [-0.2, 0) is 14.4 Å². The molecular formula is C12H24N2O3. The van der Waals surface area contributed by atoms with Gasteiger partial charge in [0, 0.05) is 25.3 Å². The molecule has 5 heteroatoms. The predicted molar refractivity (Wildman–Crippen MR) is 67.0 cm³/mol. The van der Waals surface area contributed by atoms with Gasteiger partial charge in [-0.15, -0.1) is 0 Å². The quantitative estimate of drug-likeness (QED) is 0.760. The highest BCUT2D eigenvalue weighted by Crippen LogP contribution is 2.18. The lowest BCUT2D eigenvalue weighted by atomic mass is 10.1. The van der Waals surface area contributed by atoms with Crippen LogP contribution in [0.5, 0.6) is 0 Å². The number of hydrogen-bond donors (Lipinski definition) is 1. The molecule has 1 atom stereocenters. The number of nitrogens with zero attached hydrogens (tertiary/aromatic N) is 1. The van der Waals surface area contributed by atoms with Crippen molar-refractivity contribution < 1.29 is 14.4 Å². The Bertz CT molecular complexity index is 264. The van der Waals surface area contributed by atoms with E-state index >= 15 is 0 Å². The molecule has 17 heavy (non-hydrogen) atoms. The summed E-state index contributed by atoms with van der Waals surface area (Å²) in [5.74, 6) is -1.16. The van der Waals surface area contributed by atoms with E-state index in [1.807, 2.05) is 27.7 Å². The highest BCUT2D eigenvalue weighted by molar-refractivity contribution is 6.03. The van der Waals surface area contributed by atoms with Gasteiger partial charge in [0.15, 0.2) is 0 Å². The molecule has 1 aliphatic rings. The third-order valence-electron chi connectivity index (χ3n) is 2.05. The van der Waals surface area contributed by atoms with Gasteiger partial charge >= 0.3 is 0 Å².